The molecule has 0 radical (unpaired) electrons. The number of carbonyl (C=O) groups excluding carboxylic acids is 2. The van der Waals surface area contributed by atoms with E-state index >= 15 is 0 Å². The van der Waals surface area contributed by atoms with E-state index < -0.39 is 17.1 Å². The minimum Gasteiger partial charge on any atom is -0.393 e. The van der Waals surface area contributed by atoms with Crippen molar-refractivity contribution in [3.63, 3.8) is 0 Å². The van der Waals surface area contributed by atoms with Gasteiger partial charge in [0.15, 0.2) is 5.78 Å². The molecular formula is C46H54N2O5. The Bertz CT molecular complexity index is 1880. The van der Waals surface area contributed by atoms with E-state index in [1.54, 1.807) is 12.0 Å². The predicted octanol–water partition coefficient (Wildman–Crippen LogP) is 9.19. The maximum absolute atomic E-state index is 14.6. The van der Waals surface area contributed by atoms with Crippen LogP contribution in [-0.2, 0) is 11.2 Å². The van der Waals surface area contributed by atoms with E-state index in [1.807, 2.05) is 84.9 Å². The summed E-state index contributed by atoms with van der Waals surface area (Å²) >= 11 is 0. The molecule has 3 aliphatic rings. The number of hydrogen-bond acceptors (Lipinski definition) is 5. The summed E-state index contributed by atoms with van der Waals surface area (Å²) in [6.45, 7) is 5.34. The van der Waals surface area contributed by atoms with Crippen molar-refractivity contribution in [2.45, 2.75) is 82.8 Å². The van der Waals surface area contributed by atoms with Crippen molar-refractivity contribution in [1.29, 1.82) is 0 Å². The van der Waals surface area contributed by atoms with Gasteiger partial charge in [-0.3, -0.25) is 4.79 Å². The van der Waals surface area contributed by atoms with Gasteiger partial charge in [-0.2, -0.15) is 0 Å². The number of hydrogen-bond donors (Lipinski definition) is 3. The summed E-state index contributed by atoms with van der Waals surface area (Å²) in [6, 6.07) is 33.1. The van der Waals surface area contributed by atoms with E-state index in [4.69, 9.17) is 4.74 Å². The first-order valence-corrected chi connectivity index (χ1v) is 19.1. The topological polar surface area (TPSA) is 99.1 Å². The van der Waals surface area contributed by atoms with Gasteiger partial charge in [0.25, 0.3) is 0 Å². The fourth-order valence-electron chi connectivity index (χ4n) is 8.49. The molecule has 7 nitrogen and oxygen atoms in total. The van der Waals surface area contributed by atoms with Gasteiger partial charge in [-0.25, -0.2) is 4.79 Å². The molecular weight excluding hydrogens is 661 g/mol. The van der Waals surface area contributed by atoms with Crippen LogP contribution in [0.4, 0.5) is 10.5 Å². The Balaban J connectivity index is 1.38. The highest BCUT2D eigenvalue weighted by atomic mass is 16.5. The third kappa shape index (κ3) is 8.81. The Kier molecular flexibility index (Phi) is 12.3. The van der Waals surface area contributed by atoms with Gasteiger partial charge in [-0.05, 0) is 105 Å². The van der Waals surface area contributed by atoms with Crippen LogP contribution in [0.3, 0.4) is 0 Å². The smallest absolute Gasteiger partial charge is 0.321 e. The van der Waals surface area contributed by atoms with Gasteiger partial charge in [0.05, 0.1) is 18.2 Å². The number of nitrogens with one attached hydrogen (secondary N) is 1. The van der Waals surface area contributed by atoms with E-state index in [0.29, 0.717) is 68.5 Å². The number of rotatable bonds is 10. The molecule has 2 bridgehead atoms. The molecule has 0 aliphatic heterocycles. The van der Waals surface area contributed by atoms with E-state index in [2.05, 4.69) is 43.4 Å². The first-order valence-electron chi connectivity index (χ1n) is 19.1. The second kappa shape index (κ2) is 17.1. The second-order valence-corrected chi connectivity index (χ2v) is 15.3. The maximum Gasteiger partial charge on any atom is 0.321 e. The number of methoxy groups -OCH3 is 1. The third-order valence-corrected chi connectivity index (χ3v) is 11.7. The molecule has 4 atom stereocenters. The lowest BCUT2D eigenvalue weighted by atomic mass is 9.64. The van der Waals surface area contributed by atoms with Crippen LogP contribution >= 0.6 is 0 Å². The highest BCUT2D eigenvalue weighted by molar-refractivity contribution is 6.10. The van der Waals surface area contributed by atoms with Gasteiger partial charge in [-0.1, -0.05) is 104 Å². The van der Waals surface area contributed by atoms with Gasteiger partial charge >= 0.3 is 6.03 Å². The Labute approximate surface area is 314 Å². The van der Waals surface area contributed by atoms with E-state index in [9.17, 15) is 19.8 Å². The molecule has 3 aliphatic carbocycles. The van der Waals surface area contributed by atoms with Gasteiger partial charge in [0, 0.05) is 42.5 Å². The van der Waals surface area contributed by atoms with Crippen LogP contribution in [0.15, 0.2) is 115 Å². The molecule has 3 N–H and O–H groups in total. The monoisotopic (exact) mass is 714 g/mol. The first-order chi connectivity index (χ1) is 25.6. The van der Waals surface area contributed by atoms with Crippen molar-refractivity contribution in [3.05, 3.63) is 137 Å². The molecule has 4 aromatic carbocycles. The fraction of sp³-hybridized carbons (Fsp3) is 0.391. The molecule has 4 unspecified atom stereocenters. The van der Waals surface area contributed by atoms with Crippen LogP contribution in [0.2, 0.25) is 0 Å². The zero-order valence-corrected chi connectivity index (χ0v) is 31.4. The zero-order chi connectivity index (χ0) is 37.4. The van der Waals surface area contributed by atoms with Crippen LogP contribution in [0.1, 0.15) is 91.8 Å². The van der Waals surface area contributed by atoms with E-state index in [0.717, 1.165) is 35.1 Å². The maximum atomic E-state index is 14.6. The summed E-state index contributed by atoms with van der Waals surface area (Å²) < 4.78 is 5.34. The van der Waals surface area contributed by atoms with Gasteiger partial charge in [0.2, 0.25) is 0 Å². The van der Waals surface area contributed by atoms with Crippen molar-refractivity contribution in [3.8, 4) is 11.1 Å². The molecule has 0 spiro atoms. The largest absolute Gasteiger partial charge is 0.393 e. The number of fused-ring (bicyclic) bond motifs is 8. The van der Waals surface area contributed by atoms with Crippen molar-refractivity contribution >= 4 is 17.5 Å². The van der Waals surface area contributed by atoms with Crippen LogP contribution in [0.25, 0.3) is 11.1 Å². The number of carbonyl (C=O) groups is 2. The summed E-state index contributed by atoms with van der Waals surface area (Å²) in [5, 5.41) is 27.0. The SMILES string of the molecule is COCCCN(CC1(O)CCC2c3ccc(cc3C(=O)c3ccc(-c4ccccc4)cc3)CC(O)CCC(C)=CCCC21C)C(=O)Nc1ccccc1. The molecule has 0 saturated heterocycles. The molecule has 7 heteroatoms. The molecule has 53 heavy (non-hydrogen) atoms. The van der Waals surface area contributed by atoms with Crippen LogP contribution in [-0.4, -0.2) is 65.4 Å². The average Bonchev–Trinajstić information content (AvgIpc) is 3.42. The fourth-order valence-corrected chi connectivity index (χ4v) is 8.49. The molecule has 1 saturated carbocycles. The summed E-state index contributed by atoms with van der Waals surface area (Å²) in [7, 11) is 1.65. The molecule has 4 aromatic rings. The number of aliphatic hydroxyl groups is 2. The summed E-state index contributed by atoms with van der Waals surface area (Å²) in [5.41, 5.74) is 5.18. The number of urea groups is 1. The van der Waals surface area contributed by atoms with Gasteiger partial charge in [-0.15, -0.1) is 0 Å². The van der Waals surface area contributed by atoms with Crippen molar-refractivity contribution in [1.82, 2.24) is 4.90 Å². The predicted molar refractivity (Wildman–Crippen MR) is 212 cm³/mol. The number of aliphatic hydroxyl groups excluding tert-OH is 1. The number of amides is 2. The van der Waals surface area contributed by atoms with Crippen LogP contribution in [0, 0.1) is 5.41 Å². The van der Waals surface area contributed by atoms with Gasteiger partial charge in [0.1, 0.15) is 0 Å². The standard InChI is InChI=1S/C46H54N2O5/c1-33-12-10-26-45(2)42(25-27-46(45,52)32-48(28-11-29-53-3)44(51)47-38-15-8-5-9-16-38)40-24-18-34(30-39(49)23-17-33)31-41(40)43(50)37-21-19-36(20-22-37)35-13-6-4-7-14-35/h4-9,12-16,18-22,24,31,39,42,49,52H,10-11,17,23,25-30,32H2,1-3H3,(H,47,51). The molecule has 1 fully saturated rings. The molecule has 0 heterocycles. The number of para-hydroxylation sites is 1. The molecule has 2 amide bonds. The Hall–Kier alpha value is -4.56. The Morgan fingerprint density at radius 3 is 2.32 bits per heavy atom. The highest BCUT2D eigenvalue weighted by Gasteiger charge is 2.57. The lowest BCUT2D eigenvalue weighted by molar-refractivity contribution is -0.0767. The summed E-state index contributed by atoms with van der Waals surface area (Å²) in [5.74, 6) is -0.219. The lowest BCUT2D eigenvalue weighted by Gasteiger charge is -2.46. The first kappa shape index (κ1) is 38.2. The number of allylic oxidation sites excluding steroid dienone is 2. The number of anilines is 1. The van der Waals surface area contributed by atoms with Crippen molar-refractivity contribution in [2.24, 2.45) is 5.41 Å². The number of ether oxygens (including phenoxy) is 1. The zero-order valence-electron chi connectivity index (χ0n) is 31.4. The molecule has 278 valence electrons. The molecule has 7 rings (SSSR count). The lowest BCUT2D eigenvalue weighted by Crippen LogP contribution is -2.54. The van der Waals surface area contributed by atoms with Gasteiger partial charge < -0.3 is 25.2 Å². The van der Waals surface area contributed by atoms with E-state index in [1.165, 1.54) is 5.57 Å². The number of benzene rings is 4. The summed E-state index contributed by atoms with van der Waals surface area (Å²) in [6.07, 6.45) is 6.76. The van der Waals surface area contributed by atoms with Crippen molar-refractivity contribution in [2.75, 3.05) is 32.1 Å². The normalized spacial score (nSPS) is 23.1. The Morgan fingerprint density at radius 2 is 1.60 bits per heavy atom. The number of ketones is 1. The van der Waals surface area contributed by atoms with Crippen LogP contribution in [0.5, 0.6) is 0 Å². The molecule has 0 aromatic heterocycles. The minimum atomic E-state index is -1.23. The third-order valence-electron chi connectivity index (χ3n) is 11.7. The quantitative estimate of drug-likeness (QED) is 0.0865. The summed E-state index contributed by atoms with van der Waals surface area (Å²) in [4.78, 5) is 30.2. The average molecular weight is 715 g/mol. The highest BCUT2D eigenvalue weighted by Crippen LogP contribution is 2.59. The number of nitrogens with zero attached hydrogens (tertiary/aromatic N) is 1. The Morgan fingerprint density at radius 1 is 0.906 bits per heavy atom. The minimum absolute atomic E-state index is 0.0694. The second-order valence-electron chi connectivity index (χ2n) is 15.3. The van der Waals surface area contributed by atoms with E-state index in [-0.39, 0.29) is 24.3 Å². The van der Waals surface area contributed by atoms with Crippen molar-refractivity contribution < 1.29 is 24.5 Å². The van der Waals surface area contributed by atoms with Crippen LogP contribution < -0.4 is 5.32 Å².